The average molecular weight is 282 g/mol. The molecule has 100 valence electrons. The van der Waals surface area contributed by atoms with Gasteiger partial charge in [-0.2, -0.15) is 27.1 Å². The number of nitrogens with two attached hydrogens (primary N) is 1. The quantitative estimate of drug-likeness (QED) is 0.861. The Morgan fingerprint density at radius 2 is 1.94 bits per heavy atom. The van der Waals surface area contributed by atoms with Gasteiger partial charge in [-0.25, -0.2) is 4.68 Å². The minimum Gasteiger partial charge on any atom is -0.417 e. The van der Waals surface area contributed by atoms with Gasteiger partial charge in [0.25, 0.3) is 0 Å². The van der Waals surface area contributed by atoms with E-state index in [0.29, 0.717) is 4.68 Å². The summed E-state index contributed by atoms with van der Waals surface area (Å²) >= 11 is 0. The van der Waals surface area contributed by atoms with Gasteiger partial charge in [-0.15, -0.1) is 12.4 Å². The highest BCUT2D eigenvalue weighted by Crippen LogP contribution is 2.35. The van der Waals surface area contributed by atoms with Gasteiger partial charge in [-0.3, -0.25) is 0 Å². The zero-order valence-corrected chi connectivity index (χ0v) is 9.28. The second-order valence-corrected chi connectivity index (χ2v) is 2.84. The first-order valence-corrected chi connectivity index (χ1v) is 4.05. The molecule has 0 fully saturated rings. The number of hydrogen-bond donors (Lipinski definition) is 1. The highest BCUT2D eigenvalue weighted by molar-refractivity contribution is 5.85. The number of alkyl halides is 5. The predicted molar refractivity (Wildman–Crippen MR) is 50.0 cm³/mol. The van der Waals surface area contributed by atoms with Gasteiger partial charge in [0.05, 0.1) is 5.56 Å². The first-order valence-electron chi connectivity index (χ1n) is 4.05. The Morgan fingerprint density at radius 3 is 2.29 bits per heavy atom. The van der Waals surface area contributed by atoms with Gasteiger partial charge in [0.1, 0.15) is 0 Å². The van der Waals surface area contributed by atoms with Gasteiger partial charge in [0.15, 0.2) is 5.69 Å². The number of nitrogens with zero attached hydrogens (tertiary/aromatic N) is 2. The fourth-order valence-electron chi connectivity index (χ4n) is 1.20. The lowest BCUT2D eigenvalue weighted by Crippen LogP contribution is -2.12. The number of aromatic nitrogens is 2. The molecule has 0 unspecified atom stereocenters. The molecule has 0 radical (unpaired) electrons. The van der Waals surface area contributed by atoms with E-state index in [4.69, 9.17) is 5.73 Å². The third-order valence-corrected chi connectivity index (χ3v) is 1.76. The zero-order chi connectivity index (χ0) is 12.5. The summed E-state index contributed by atoms with van der Waals surface area (Å²) in [5.74, 6) is -0.676. The summed E-state index contributed by atoms with van der Waals surface area (Å²) in [6.07, 6.45) is -4.75. The summed E-state index contributed by atoms with van der Waals surface area (Å²) in [6, 6.07) is 0. The molecule has 4 nitrogen and oxygen atoms in total. The Labute approximate surface area is 98.9 Å². The molecule has 17 heavy (non-hydrogen) atoms. The van der Waals surface area contributed by atoms with Gasteiger partial charge in [-0.1, -0.05) is 0 Å². The van der Waals surface area contributed by atoms with E-state index in [2.05, 4.69) is 9.84 Å². The highest BCUT2D eigenvalue weighted by atomic mass is 35.5. The SMILES string of the molecule is Cl.Cn1nc(C(F)(F)F)c(CN)c1OC(F)F. The summed E-state index contributed by atoms with van der Waals surface area (Å²) in [6.45, 7) is -3.83. The molecule has 0 spiro atoms. The van der Waals surface area contributed by atoms with Crippen molar-refractivity contribution in [1.82, 2.24) is 9.78 Å². The fourth-order valence-corrected chi connectivity index (χ4v) is 1.20. The van der Waals surface area contributed by atoms with E-state index < -0.39 is 36.5 Å². The molecular weight excluding hydrogens is 273 g/mol. The molecule has 1 heterocycles. The van der Waals surface area contributed by atoms with Crippen molar-refractivity contribution in [3.05, 3.63) is 11.3 Å². The molecule has 10 heteroatoms. The largest absolute Gasteiger partial charge is 0.435 e. The van der Waals surface area contributed by atoms with Crippen LogP contribution < -0.4 is 10.5 Å². The van der Waals surface area contributed by atoms with Crippen molar-refractivity contribution in [3.8, 4) is 5.88 Å². The second kappa shape index (κ2) is 5.50. The van der Waals surface area contributed by atoms with Gasteiger partial charge >= 0.3 is 12.8 Å². The van der Waals surface area contributed by atoms with Crippen LogP contribution in [0.15, 0.2) is 0 Å². The third-order valence-electron chi connectivity index (χ3n) is 1.76. The van der Waals surface area contributed by atoms with Crippen LogP contribution in [0.5, 0.6) is 5.88 Å². The van der Waals surface area contributed by atoms with E-state index in [0.717, 1.165) is 7.05 Å². The molecule has 1 aromatic rings. The normalized spacial score (nSPS) is 11.5. The minimum absolute atomic E-state index is 0. The third kappa shape index (κ3) is 3.43. The molecular formula is C7H9ClF5N3O. The van der Waals surface area contributed by atoms with E-state index >= 15 is 0 Å². The minimum atomic E-state index is -4.75. The molecule has 0 saturated heterocycles. The monoisotopic (exact) mass is 281 g/mol. The molecule has 0 aliphatic rings. The van der Waals surface area contributed by atoms with Gasteiger partial charge in [0, 0.05) is 13.6 Å². The van der Waals surface area contributed by atoms with E-state index in [1.165, 1.54) is 0 Å². The number of rotatable bonds is 3. The zero-order valence-electron chi connectivity index (χ0n) is 8.46. The summed E-state index contributed by atoms with van der Waals surface area (Å²) < 4.78 is 65.6. The lowest BCUT2D eigenvalue weighted by molar-refractivity contribution is -0.142. The standard InChI is InChI=1S/C7H8F5N3O.ClH/c1-15-5(16-6(8)9)3(2-13)4(14-15)7(10,11)12;/h6H,2,13H2,1H3;1H. The molecule has 1 aromatic heterocycles. The van der Waals surface area contributed by atoms with Crippen molar-refractivity contribution >= 4 is 12.4 Å². The number of hydrogen-bond acceptors (Lipinski definition) is 3. The molecule has 0 aliphatic heterocycles. The van der Waals surface area contributed by atoms with Crippen LogP contribution in [0.2, 0.25) is 0 Å². The predicted octanol–water partition coefficient (Wildman–Crippen LogP) is 1.92. The van der Waals surface area contributed by atoms with Crippen LogP contribution in [0, 0.1) is 0 Å². The second-order valence-electron chi connectivity index (χ2n) is 2.84. The molecule has 0 bridgehead atoms. The summed E-state index contributed by atoms with van der Waals surface area (Å²) in [4.78, 5) is 0. The van der Waals surface area contributed by atoms with Crippen molar-refractivity contribution in [3.63, 3.8) is 0 Å². The van der Waals surface area contributed by atoms with Crippen LogP contribution >= 0.6 is 12.4 Å². The maximum atomic E-state index is 12.4. The smallest absolute Gasteiger partial charge is 0.417 e. The molecule has 0 amide bonds. The first kappa shape index (κ1) is 15.9. The van der Waals surface area contributed by atoms with E-state index in [1.807, 2.05) is 0 Å². The molecule has 1 rings (SSSR count). The fraction of sp³-hybridized carbons (Fsp3) is 0.571. The molecule has 2 N–H and O–H groups in total. The molecule has 0 aromatic carbocycles. The Morgan fingerprint density at radius 1 is 1.41 bits per heavy atom. The van der Waals surface area contributed by atoms with Crippen LogP contribution in [-0.2, 0) is 19.8 Å². The molecule has 0 aliphatic carbocycles. The van der Waals surface area contributed by atoms with Crippen molar-refractivity contribution in [2.75, 3.05) is 0 Å². The summed E-state index contributed by atoms with van der Waals surface area (Å²) in [5, 5.41) is 3.06. The van der Waals surface area contributed by atoms with Crippen LogP contribution in [0.3, 0.4) is 0 Å². The van der Waals surface area contributed by atoms with Crippen LogP contribution in [-0.4, -0.2) is 16.4 Å². The van der Waals surface area contributed by atoms with E-state index in [1.54, 1.807) is 0 Å². The lowest BCUT2D eigenvalue weighted by Gasteiger charge is -2.07. The van der Waals surface area contributed by atoms with Crippen molar-refractivity contribution in [1.29, 1.82) is 0 Å². The maximum Gasteiger partial charge on any atom is 0.435 e. The van der Waals surface area contributed by atoms with Crippen molar-refractivity contribution in [2.45, 2.75) is 19.3 Å². The van der Waals surface area contributed by atoms with E-state index in [9.17, 15) is 22.0 Å². The Kier molecular flexibility index (Phi) is 5.14. The van der Waals surface area contributed by atoms with Crippen molar-refractivity contribution < 1.29 is 26.7 Å². The molecule has 0 saturated carbocycles. The highest BCUT2D eigenvalue weighted by Gasteiger charge is 2.39. The van der Waals surface area contributed by atoms with Crippen LogP contribution in [0.1, 0.15) is 11.3 Å². The van der Waals surface area contributed by atoms with E-state index in [-0.39, 0.29) is 12.4 Å². The first-order chi connectivity index (χ1) is 7.27. The summed E-state index contributed by atoms with van der Waals surface area (Å²) in [5.41, 5.74) is 3.16. The van der Waals surface area contributed by atoms with Gasteiger partial charge in [0.2, 0.25) is 5.88 Å². The average Bonchev–Trinajstić information content (AvgIpc) is 2.42. The summed E-state index contributed by atoms with van der Waals surface area (Å²) in [7, 11) is 1.06. The molecule has 0 atom stereocenters. The Balaban J connectivity index is 0.00000256. The number of halogens is 6. The number of aryl methyl sites for hydroxylation is 1. The van der Waals surface area contributed by atoms with Gasteiger partial charge in [-0.05, 0) is 0 Å². The Hall–Kier alpha value is -1.09. The van der Waals surface area contributed by atoms with Crippen LogP contribution in [0.4, 0.5) is 22.0 Å². The maximum absolute atomic E-state index is 12.4. The van der Waals surface area contributed by atoms with Crippen LogP contribution in [0.25, 0.3) is 0 Å². The number of ether oxygens (including phenoxy) is 1. The topological polar surface area (TPSA) is 53.1 Å². The van der Waals surface area contributed by atoms with Gasteiger partial charge < -0.3 is 10.5 Å². The lowest BCUT2D eigenvalue weighted by atomic mass is 10.2. The van der Waals surface area contributed by atoms with Crippen molar-refractivity contribution in [2.24, 2.45) is 12.8 Å². The Bertz CT molecular complexity index is 378.